The SMILES string of the molecule is COCC(=O)N1CCN(CC2(O)CCC(C(C)(C)C)CC2)CC(O)(COc2ccc(C)c(C)c2)C1. The summed E-state index contributed by atoms with van der Waals surface area (Å²) in [5.41, 5.74) is 0.517. The van der Waals surface area contributed by atoms with E-state index in [0.717, 1.165) is 31.2 Å². The van der Waals surface area contributed by atoms with Crippen LogP contribution in [0.3, 0.4) is 0 Å². The third-order valence-corrected chi connectivity index (χ3v) is 7.95. The van der Waals surface area contributed by atoms with Crippen molar-refractivity contribution in [2.24, 2.45) is 11.3 Å². The van der Waals surface area contributed by atoms with Crippen LogP contribution in [0.1, 0.15) is 57.6 Å². The highest BCUT2D eigenvalue weighted by Crippen LogP contribution is 2.41. The van der Waals surface area contributed by atoms with E-state index >= 15 is 0 Å². The summed E-state index contributed by atoms with van der Waals surface area (Å²) >= 11 is 0. The first-order valence-electron chi connectivity index (χ1n) is 13.0. The van der Waals surface area contributed by atoms with Crippen molar-refractivity contribution < 1.29 is 24.5 Å². The zero-order chi connectivity index (χ0) is 25.9. The molecule has 1 heterocycles. The van der Waals surface area contributed by atoms with E-state index in [1.54, 1.807) is 4.90 Å². The number of carbonyl (C=O) groups excluding carboxylic acids is 1. The minimum absolute atomic E-state index is 0.0216. The van der Waals surface area contributed by atoms with Crippen LogP contribution in [0, 0.1) is 25.2 Å². The topological polar surface area (TPSA) is 82.5 Å². The second-order valence-corrected chi connectivity index (χ2v) is 12.1. The van der Waals surface area contributed by atoms with Gasteiger partial charge >= 0.3 is 0 Å². The van der Waals surface area contributed by atoms with Gasteiger partial charge in [0.25, 0.3) is 0 Å². The molecule has 0 aromatic heterocycles. The largest absolute Gasteiger partial charge is 0.490 e. The van der Waals surface area contributed by atoms with Gasteiger partial charge in [-0.05, 0) is 74.1 Å². The molecule has 2 aliphatic rings. The number of hydrogen-bond donors (Lipinski definition) is 2. The van der Waals surface area contributed by atoms with Gasteiger partial charge in [-0.25, -0.2) is 0 Å². The first-order valence-corrected chi connectivity index (χ1v) is 13.0. The van der Waals surface area contributed by atoms with Crippen LogP contribution < -0.4 is 4.74 Å². The Hall–Kier alpha value is -1.67. The first kappa shape index (κ1) is 27.9. The summed E-state index contributed by atoms with van der Waals surface area (Å²) in [6.07, 6.45) is 3.53. The minimum atomic E-state index is -1.27. The molecule has 198 valence electrons. The quantitative estimate of drug-likeness (QED) is 0.611. The lowest BCUT2D eigenvalue weighted by Crippen LogP contribution is -2.54. The fourth-order valence-electron chi connectivity index (χ4n) is 5.51. The van der Waals surface area contributed by atoms with Crippen LogP contribution in [0.4, 0.5) is 0 Å². The van der Waals surface area contributed by atoms with Crippen LogP contribution in [-0.4, -0.2) is 90.2 Å². The summed E-state index contributed by atoms with van der Waals surface area (Å²) in [6.45, 7) is 13.0. The van der Waals surface area contributed by atoms with E-state index in [-0.39, 0.29) is 31.1 Å². The number of benzene rings is 1. The summed E-state index contributed by atoms with van der Waals surface area (Å²) in [5, 5.41) is 23.1. The fraction of sp³-hybridized carbons (Fsp3) is 0.750. The molecule has 1 aromatic carbocycles. The summed E-state index contributed by atoms with van der Waals surface area (Å²) in [5.74, 6) is 1.16. The van der Waals surface area contributed by atoms with Gasteiger partial charge in [0.2, 0.25) is 5.91 Å². The highest BCUT2D eigenvalue weighted by atomic mass is 16.5. The van der Waals surface area contributed by atoms with Gasteiger partial charge in [0.1, 0.15) is 24.6 Å². The van der Waals surface area contributed by atoms with E-state index in [0.29, 0.717) is 37.8 Å². The molecule has 0 spiro atoms. The van der Waals surface area contributed by atoms with Gasteiger partial charge in [0, 0.05) is 33.3 Å². The predicted molar refractivity (Wildman–Crippen MR) is 138 cm³/mol. The van der Waals surface area contributed by atoms with Crippen molar-refractivity contribution >= 4 is 5.91 Å². The molecule has 1 atom stereocenters. The lowest BCUT2D eigenvalue weighted by Gasteiger charge is -2.43. The van der Waals surface area contributed by atoms with Crippen LogP contribution in [-0.2, 0) is 9.53 Å². The second-order valence-electron chi connectivity index (χ2n) is 12.1. The highest BCUT2D eigenvalue weighted by molar-refractivity contribution is 5.77. The zero-order valence-electron chi connectivity index (χ0n) is 22.6. The summed E-state index contributed by atoms with van der Waals surface area (Å²) in [4.78, 5) is 16.4. The molecule has 1 aliphatic heterocycles. The number of aryl methyl sites for hydroxylation is 2. The van der Waals surface area contributed by atoms with Crippen LogP contribution in [0.25, 0.3) is 0 Å². The molecule has 1 unspecified atom stereocenters. The number of amides is 1. The third-order valence-electron chi connectivity index (χ3n) is 7.95. The molecule has 1 saturated heterocycles. The molecule has 2 fully saturated rings. The number of β-amino-alcohol motifs (C(OH)–C–C–N with tert-alkyl or cyclic N) is 2. The predicted octanol–water partition coefficient (Wildman–Crippen LogP) is 3.17. The lowest BCUT2D eigenvalue weighted by molar-refractivity contribution is -0.138. The third kappa shape index (κ3) is 7.66. The van der Waals surface area contributed by atoms with Crippen LogP contribution in [0.15, 0.2) is 18.2 Å². The van der Waals surface area contributed by atoms with E-state index in [4.69, 9.17) is 9.47 Å². The highest BCUT2D eigenvalue weighted by Gasteiger charge is 2.42. The van der Waals surface area contributed by atoms with Crippen molar-refractivity contribution in [3.63, 3.8) is 0 Å². The van der Waals surface area contributed by atoms with Crippen molar-refractivity contribution in [3.8, 4) is 5.75 Å². The van der Waals surface area contributed by atoms with Gasteiger partial charge in [-0.1, -0.05) is 26.8 Å². The van der Waals surface area contributed by atoms with Crippen LogP contribution in [0.2, 0.25) is 0 Å². The molecule has 35 heavy (non-hydrogen) atoms. The summed E-state index contributed by atoms with van der Waals surface area (Å²) < 4.78 is 11.1. The van der Waals surface area contributed by atoms with Crippen molar-refractivity contribution in [2.45, 2.75) is 71.5 Å². The maximum absolute atomic E-state index is 12.7. The molecule has 7 heteroatoms. The maximum Gasteiger partial charge on any atom is 0.248 e. The van der Waals surface area contributed by atoms with E-state index in [1.807, 2.05) is 25.1 Å². The van der Waals surface area contributed by atoms with Gasteiger partial charge in [0.15, 0.2) is 0 Å². The normalized spacial score (nSPS) is 28.6. The number of hydrogen-bond acceptors (Lipinski definition) is 6. The number of aliphatic hydroxyl groups is 2. The Labute approximate surface area is 211 Å². The molecular weight excluding hydrogens is 444 g/mol. The number of rotatable bonds is 7. The maximum atomic E-state index is 12.7. The Morgan fingerprint density at radius 2 is 1.74 bits per heavy atom. The molecule has 0 radical (unpaired) electrons. The molecule has 1 aromatic rings. The van der Waals surface area contributed by atoms with Gasteiger partial charge in [-0.3, -0.25) is 9.69 Å². The van der Waals surface area contributed by atoms with E-state index in [9.17, 15) is 15.0 Å². The second kappa shape index (κ2) is 11.2. The molecule has 7 nitrogen and oxygen atoms in total. The smallest absolute Gasteiger partial charge is 0.248 e. The Morgan fingerprint density at radius 1 is 1.06 bits per heavy atom. The van der Waals surface area contributed by atoms with Crippen LogP contribution >= 0.6 is 0 Å². The Balaban J connectivity index is 1.71. The van der Waals surface area contributed by atoms with Crippen LogP contribution in [0.5, 0.6) is 5.75 Å². The molecular formula is C28H46N2O5. The number of carbonyl (C=O) groups is 1. The summed E-state index contributed by atoms with van der Waals surface area (Å²) in [6, 6.07) is 5.88. The van der Waals surface area contributed by atoms with Crippen molar-refractivity contribution in [1.82, 2.24) is 9.80 Å². The molecule has 3 rings (SSSR count). The average Bonchev–Trinajstić information content (AvgIpc) is 2.93. The Kier molecular flexibility index (Phi) is 8.90. The van der Waals surface area contributed by atoms with E-state index < -0.39 is 11.2 Å². The van der Waals surface area contributed by atoms with E-state index in [1.165, 1.54) is 12.7 Å². The average molecular weight is 491 g/mol. The van der Waals surface area contributed by atoms with Gasteiger partial charge in [-0.15, -0.1) is 0 Å². The Bertz CT molecular complexity index is 859. The van der Waals surface area contributed by atoms with Gasteiger partial charge in [0.05, 0.1) is 12.1 Å². The van der Waals surface area contributed by atoms with Gasteiger partial charge < -0.3 is 24.6 Å². The zero-order valence-corrected chi connectivity index (χ0v) is 22.6. The number of methoxy groups -OCH3 is 1. The molecule has 1 saturated carbocycles. The monoisotopic (exact) mass is 490 g/mol. The van der Waals surface area contributed by atoms with Gasteiger partial charge in [-0.2, -0.15) is 0 Å². The summed E-state index contributed by atoms with van der Waals surface area (Å²) in [7, 11) is 1.50. The number of nitrogens with zero attached hydrogens (tertiary/aromatic N) is 2. The molecule has 1 amide bonds. The van der Waals surface area contributed by atoms with Crippen molar-refractivity contribution in [3.05, 3.63) is 29.3 Å². The molecule has 0 bridgehead atoms. The van der Waals surface area contributed by atoms with Crippen molar-refractivity contribution in [2.75, 3.05) is 53.0 Å². The lowest BCUT2D eigenvalue weighted by atomic mass is 9.68. The first-order chi connectivity index (χ1) is 16.3. The molecule has 1 aliphatic carbocycles. The minimum Gasteiger partial charge on any atom is -0.490 e. The number of ether oxygens (including phenoxy) is 2. The van der Waals surface area contributed by atoms with E-state index in [2.05, 4.69) is 32.6 Å². The fourth-order valence-corrected chi connectivity index (χ4v) is 5.51. The standard InChI is InChI=1S/C28H46N2O5/c1-21-7-8-24(15-22(21)2)35-20-28(33)18-29(13-14-30(19-28)25(31)16-34-6)17-27(32)11-9-23(10-12-27)26(3,4)5/h7-8,15,23,32-33H,9-14,16-20H2,1-6H3. The molecule has 2 N–H and O–H groups in total. The van der Waals surface area contributed by atoms with Crippen molar-refractivity contribution in [1.29, 1.82) is 0 Å². The Morgan fingerprint density at radius 3 is 2.34 bits per heavy atom.